The van der Waals surface area contributed by atoms with Crippen LogP contribution in [0.3, 0.4) is 0 Å². The van der Waals surface area contributed by atoms with Gasteiger partial charge in [-0.1, -0.05) is 6.07 Å². The average Bonchev–Trinajstić information content (AvgIpc) is 3.36. The van der Waals surface area contributed by atoms with Crippen molar-refractivity contribution < 1.29 is 27.4 Å². The lowest BCUT2D eigenvalue weighted by molar-refractivity contribution is -0.173. The first-order chi connectivity index (χ1) is 18.3. The molecule has 2 aromatic heterocycles. The average molecular weight is 603 g/mol. The highest BCUT2D eigenvalue weighted by atomic mass is 35.5. The van der Waals surface area contributed by atoms with Gasteiger partial charge in [0.1, 0.15) is 11.5 Å². The summed E-state index contributed by atoms with van der Waals surface area (Å²) in [7, 11) is 2.98. The van der Waals surface area contributed by atoms with Gasteiger partial charge in [-0.15, -0.1) is 24.8 Å². The first-order valence-electron chi connectivity index (χ1n) is 12.4. The number of carbonyl (C=O) groups is 1. The molecule has 4 heterocycles. The van der Waals surface area contributed by atoms with Gasteiger partial charge in [-0.2, -0.15) is 18.3 Å². The van der Waals surface area contributed by atoms with Gasteiger partial charge in [-0.3, -0.25) is 9.78 Å². The van der Waals surface area contributed by atoms with Crippen molar-refractivity contribution in [1.29, 1.82) is 0 Å². The third-order valence-corrected chi connectivity index (χ3v) is 6.96. The van der Waals surface area contributed by atoms with Crippen molar-refractivity contribution in [1.82, 2.24) is 25.4 Å². The number of piperidine rings is 1. The molecule has 1 aromatic carbocycles. The maximum absolute atomic E-state index is 14.2. The fourth-order valence-electron chi connectivity index (χ4n) is 4.94. The number of methoxy groups -OCH3 is 2. The molecular formula is C26H31Cl2F3N6O3. The number of benzene rings is 1. The Balaban J connectivity index is 0.00000220. The number of nitrogens with zero attached hydrogens (tertiary/aromatic N) is 3. The summed E-state index contributed by atoms with van der Waals surface area (Å²) in [4.78, 5) is 16.9. The van der Waals surface area contributed by atoms with Crippen LogP contribution >= 0.6 is 24.8 Å². The van der Waals surface area contributed by atoms with E-state index in [1.54, 1.807) is 36.4 Å². The van der Waals surface area contributed by atoms with E-state index in [0.29, 0.717) is 28.3 Å². The van der Waals surface area contributed by atoms with Gasteiger partial charge in [0.05, 0.1) is 26.0 Å². The second-order valence-corrected chi connectivity index (χ2v) is 9.39. The molecule has 0 saturated carbocycles. The second-order valence-electron chi connectivity index (χ2n) is 9.39. The van der Waals surface area contributed by atoms with Crippen LogP contribution in [0, 0.1) is 0 Å². The number of halogens is 5. The summed E-state index contributed by atoms with van der Waals surface area (Å²) < 4.78 is 54.1. The van der Waals surface area contributed by atoms with Gasteiger partial charge >= 0.3 is 6.18 Å². The van der Waals surface area contributed by atoms with Crippen LogP contribution in [0.4, 0.5) is 19.0 Å². The minimum atomic E-state index is -4.52. The molecule has 0 radical (unpaired) electrons. The fourth-order valence-corrected chi connectivity index (χ4v) is 4.94. The van der Waals surface area contributed by atoms with Crippen molar-refractivity contribution in [2.45, 2.75) is 43.6 Å². The SMILES string of the molecule is COc1ccc(C2CC(C(F)(F)F)n3nc(-c4ccnc(C(=O)NC5CCNCC5)c4)cc3N2)cc1OC.Cl.Cl. The normalized spacial score (nSPS) is 18.8. The van der Waals surface area contributed by atoms with Crippen molar-refractivity contribution in [2.75, 3.05) is 32.6 Å². The molecule has 1 saturated heterocycles. The molecular weight excluding hydrogens is 572 g/mol. The lowest BCUT2D eigenvalue weighted by Crippen LogP contribution is -2.42. The molecule has 14 heteroatoms. The molecule has 9 nitrogen and oxygen atoms in total. The Hall–Kier alpha value is -3.22. The Kier molecular flexibility index (Phi) is 10.1. The number of pyridine rings is 1. The zero-order chi connectivity index (χ0) is 26.9. The number of aromatic nitrogens is 3. The number of fused-ring (bicyclic) bond motifs is 1. The summed E-state index contributed by atoms with van der Waals surface area (Å²) >= 11 is 0. The largest absolute Gasteiger partial charge is 0.493 e. The monoisotopic (exact) mass is 602 g/mol. The Bertz CT molecular complexity index is 1320. The summed E-state index contributed by atoms with van der Waals surface area (Å²) in [6.07, 6.45) is -1.66. The third kappa shape index (κ3) is 6.56. The number of hydrogen-bond acceptors (Lipinski definition) is 7. The molecule has 2 aliphatic rings. The molecule has 0 bridgehead atoms. The first-order valence-corrected chi connectivity index (χ1v) is 12.4. The molecule has 2 unspecified atom stereocenters. The van der Waals surface area contributed by atoms with Crippen molar-refractivity contribution in [3.05, 3.63) is 53.9 Å². The molecule has 218 valence electrons. The highest BCUT2D eigenvalue weighted by molar-refractivity contribution is 5.93. The number of rotatable bonds is 6. The number of anilines is 1. The van der Waals surface area contributed by atoms with Crippen LogP contribution in [0.2, 0.25) is 0 Å². The van der Waals surface area contributed by atoms with Crippen molar-refractivity contribution in [3.63, 3.8) is 0 Å². The van der Waals surface area contributed by atoms with Crippen LogP contribution in [0.15, 0.2) is 42.6 Å². The van der Waals surface area contributed by atoms with Crippen molar-refractivity contribution in [3.8, 4) is 22.8 Å². The van der Waals surface area contributed by atoms with Crippen LogP contribution in [0.1, 0.15) is 47.4 Å². The topological polar surface area (TPSA) is 102 Å². The van der Waals surface area contributed by atoms with Gasteiger partial charge < -0.3 is 25.4 Å². The molecule has 0 aliphatic carbocycles. The minimum Gasteiger partial charge on any atom is -0.493 e. The van der Waals surface area contributed by atoms with Gasteiger partial charge in [0, 0.05) is 30.3 Å². The maximum atomic E-state index is 14.2. The molecule has 3 N–H and O–H groups in total. The lowest BCUT2D eigenvalue weighted by Gasteiger charge is -2.33. The van der Waals surface area contributed by atoms with Crippen LogP contribution in [0.5, 0.6) is 11.5 Å². The predicted octanol–water partition coefficient (Wildman–Crippen LogP) is 4.95. The summed E-state index contributed by atoms with van der Waals surface area (Å²) in [5, 5.41) is 13.7. The van der Waals surface area contributed by atoms with E-state index in [1.807, 2.05) is 0 Å². The Morgan fingerprint density at radius 1 is 1.05 bits per heavy atom. The number of amides is 1. The van der Waals surface area contributed by atoms with E-state index in [1.165, 1.54) is 20.4 Å². The van der Waals surface area contributed by atoms with Gasteiger partial charge in [0.25, 0.3) is 5.91 Å². The van der Waals surface area contributed by atoms with E-state index in [0.717, 1.165) is 30.6 Å². The standard InChI is InChI=1S/C26H29F3N6O3.2ClH/c1-37-21-4-3-15(12-22(21)38-2)18-13-23(26(27,28)29)35-24(33-18)14-19(34-35)16-5-10-31-20(11-16)25(36)32-17-6-8-30-9-7-17;;/h3-5,10-12,14,17-18,23,30,33H,6-9,13H2,1-2H3,(H,32,36);2*1H. The lowest BCUT2D eigenvalue weighted by atomic mass is 9.96. The molecule has 3 aromatic rings. The number of alkyl halides is 3. The van der Waals surface area contributed by atoms with E-state index in [2.05, 4.69) is 26.0 Å². The van der Waals surface area contributed by atoms with E-state index >= 15 is 0 Å². The second kappa shape index (κ2) is 13.0. The number of ether oxygens (including phenoxy) is 2. The number of hydrogen-bond donors (Lipinski definition) is 3. The van der Waals surface area contributed by atoms with Crippen LogP contribution < -0.4 is 25.4 Å². The minimum absolute atomic E-state index is 0. The summed E-state index contributed by atoms with van der Waals surface area (Å²) in [6, 6.07) is 7.39. The van der Waals surface area contributed by atoms with Crippen molar-refractivity contribution in [2.24, 2.45) is 0 Å². The third-order valence-electron chi connectivity index (χ3n) is 6.96. The molecule has 40 heavy (non-hydrogen) atoms. The Morgan fingerprint density at radius 3 is 2.45 bits per heavy atom. The fraction of sp³-hybridized carbons (Fsp3) is 0.423. The Labute approximate surface area is 242 Å². The van der Waals surface area contributed by atoms with Crippen LogP contribution in [0.25, 0.3) is 11.3 Å². The number of carbonyl (C=O) groups excluding carboxylic acids is 1. The first kappa shape index (κ1) is 31.3. The van der Waals surface area contributed by atoms with Crippen LogP contribution in [-0.2, 0) is 0 Å². The zero-order valence-corrected chi connectivity index (χ0v) is 23.5. The van der Waals surface area contributed by atoms with Crippen molar-refractivity contribution >= 4 is 36.5 Å². The molecule has 1 amide bonds. The van der Waals surface area contributed by atoms with Crippen LogP contribution in [-0.4, -0.2) is 60.2 Å². The zero-order valence-electron chi connectivity index (χ0n) is 21.8. The van der Waals surface area contributed by atoms with Gasteiger partial charge in [-0.25, -0.2) is 4.68 Å². The molecule has 2 aliphatic heterocycles. The highest BCUT2D eigenvalue weighted by Gasteiger charge is 2.46. The van der Waals surface area contributed by atoms with Gasteiger partial charge in [0.2, 0.25) is 0 Å². The summed E-state index contributed by atoms with van der Waals surface area (Å²) in [5.74, 6) is 0.833. The highest BCUT2D eigenvalue weighted by Crippen LogP contribution is 2.45. The molecule has 1 fully saturated rings. The van der Waals surface area contributed by atoms with E-state index in [-0.39, 0.29) is 54.7 Å². The Morgan fingerprint density at radius 2 is 1.77 bits per heavy atom. The molecule has 0 spiro atoms. The van der Waals surface area contributed by atoms with E-state index in [4.69, 9.17) is 9.47 Å². The summed E-state index contributed by atoms with van der Waals surface area (Å²) in [5.41, 5.74) is 1.64. The smallest absolute Gasteiger partial charge is 0.410 e. The molecule has 2 atom stereocenters. The quantitative estimate of drug-likeness (QED) is 0.367. The van der Waals surface area contributed by atoms with E-state index in [9.17, 15) is 18.0 Å². The van der Waals surface area contributed by atoms with E-state index < -0.39 is 18.3 Å². The summed E-state index contributed by atoms with van der Waals surface area (Å²) in [6.45, 7) is 1.66. The predicted molar refractivity (Wildman–Crippen MR) is 149 cm³/mol. The molecule has 5 rings (SSSR count). The van der Waals surface area contributed by atoms with Gasteiger partial charge in [0.15, 0.2) is 17.5 Å². The maximum Gasteiger partial charge on any atom is 0.410 e. The van der Waals surface area contributed by atoms with Gasteiger partial charge in [-0.05, 0) is 55.8 Å². The number of nitrogens with one attached hydrogen (secondary N) is 3.